The fraction of sp³-hybridized carbons (Fsp3) is 0. The highest BCUT2D eigenvalue weighted by Crippen LogP contribution is 2.32. The zero-order valence-electron chi connectivity index (χ0n) is 14.1. The second-order valence-electron chi connectivity index (χ2n) is 5.56. The molecule has 3 aromatic rings. The number of hydrogen-bond acceptors (Lipinski definition) is 6. The summed E-state index contributed by atoms with van der Waals surface area (Å²) in [5.74, 6) is 0.713. The third-order valence-corrected chi connectivity index (χ3v) is 3.55. The van der Waals surface area contributed by atoms with E-state index in [1.165, 1.54) is 18.2 Å². The predicted octanol–water partition coefficient (Wildman–Crippen LogP) is 2.94. The molecule has 3 rings (SSSR count). The first-order valence-corrected chi connectivity index (χ1v) is 7.87. The lowest BCUT2D eigenvalue weighted by atomic mass is 10.2. The van der Waals surface area contributed by atoms with Crippen molar-refractivity contribution in [2.75, 3.05) is 0 Å². The molecule has 0 bridgehead atoms. The van der Waals surface area contributed by atoms with Gasteiger partial charge in [-0.25, -0.2) is 0 Å². The van der Waals surface area contributed by atoms with Gasteiger partial charge in [-0.15, -0.1) is 0 Å². The van der Waals surface area contributed by atoms with Gasteiger partial charge in [0.15, 0.2) is 11.5 Å². The van der Waals surface area contributed by atoms with E-state index in [0.29, 0.717) is 16.9 Å². The van der Waals surface area contributed by atoms with Gasteiger partial charge in [0.05, 0.1) is 0 Å². The number of aromatic hydroxyl groups is 1. The highest BCUT2D eigenvalue weighted by atomic mass is 16.5. The van der Waals surface area contributed by atoms with E-state index in [9.17, 15) is 5.11 Å². The first-order chi connectivity index (χ1) is 12.9. The topological polar surface area (TPSA) is 151 Å². The molecule has 0 saturated heterocycles. The number of ether oxygens (including phenoxy) is 2. The van der Waals surface area contributed by atoms with Crippen LogP contribution in [0.15, 0.2) is 60.7 Å². The molecule has 7 N–H and O–H groups in total. The normalized spacial score (nSPS) is 10.2. The van der Waals surface area contributed by atoms with Gasteiger partial charge in [0.2, 0.25) is 11.8 Å². The Balaban J connectivity index is 1.82. The molecule has 27 heavy (non-hydrogen) atoms. The second kappa shape index (κ2) is 7.44. The van der Waals surface area contributed by atoms with E-state index in [-0.39, 0.29) is 34.9 Å². The zero-order valence-corrected chi connectivity index (χ0v) is 14.1. The molecule has 8 heteroatoms. The number of nitrogens with zero attached hydrogens (tertiary/aromatic N) is 1. The lowest BCUT2D eigenvalue weighted by Crippen LogP contribution is -2.10. The average Bonchev–Trinajstić information content (AvgIpc) is 2.64. The number of pyridine rings is 1. The molecule has 0 spiro atoms. The van der Waals surface area contributed by atoms with Crippen molar-refractivity contribution in [2.45, 2.75) is 0 Å². The molecule has 8 nitrogen and oxygen atoms in total. The standard InChI is InChI=1S/C19H17N5O3/c20-18(21)11-3-1-4-13(9-11)26-16-5-2-6-17(24-16)27-15-10-12(19(22)23)7-8-14(15)25/h1-10,25H,(H3,20,21)(H3,22,23). The molecule has 0 unspecified atom stereocenters. The maximum Gasteiger partial charge on any atom is 0.222 e. The van der Waals surface area contributed by atoms with E-state index in [1.807, 2.05) is 0 Å². The fourth-order valence-corrected chi connectivity index (χ4v) is 2.23. The van der Waals surface area contributed by atoms with Gasteiger partial charge in [0.1, 0.15) is 17.4 Å². The Morgan fingerprint density at radius 1 is 0.815 bits per heavy atom. The van der Waals surface area contributed by atoms with Crippen molar-refractivity contribution in [2.24, 2.45) is 11.5 Å². The maximum absolute atomic E-state index is 9.94. The van der Waals surface area contributed by atoms with Gasteiger partial charge in [-0.2, -0.15) is 4.98 Å². The highest BCUT2D eigenvalue weighted by molar-refractivity contribution is 5.95. The summed E-state index contributed by atoms with van der Waals surface area (Å²) < 4.78 is 11.3. The Morgan fingerprint density at radius 2 is 1.44 bits per heavy atom. The zero-order chi connectivity index (χ0) is 19.4. The van der Waals surface area contributed by atoms with Crippen LogP contribution in [-0.4, -0.2) is 21.8 Å². The summed E-state index contributed by atoms with van der Waals surface area (Å²) >= 11 is 0. The monoisotopic (exact) mass is 363 g/mol. The van der Waals surface area contributed by atoms with Crippen molar-refractivity contribution < 1.29 is 14.6 Å². The number of benzene rings is 2. The SMILES string of the molecule is N=C(N)c1cccc(Oc2cccc(Oc3cc(C(=N)N)ccc3O)n2)c1. The van der Waals surface area contributed by atoms with E-state index in [0.717, 1.165) is 0 Å². The van der Waals surface area contributed by atoms with Crippen molar-refractivity contribution in [3.05, 3.63) is 71.8 Å². The van der Waals surface area contributed by atoms with Crippen LogP contribution >= 0.6 is 0 Å². The number of phenols is 1. The summed E-state index contributed by atoms with van der Waals surface area (Å²) in [5.41, 5.74) is 11.9. The van der Waals surface area contributed by atoms with E-state index in [1.54, 1.807) is 42.5 Å². The van der Waals surface area contributed by atoms with E-state index < -0.39 is 0 Å². The summed E-state index contributed by atoms with van der Waals surface area (Å²) in [6.45, 7) is 0. The number of amidine groups is 2. The van der Waals surface area contributed by atoms with E-state index in [4.69, 9.17) is 31.8 Å². The predicted molar refractivity (Wildman–Crippen MR) is 101 cm³/mol. The van der Waals surface area contributed by atoms with Crippen LogP contribution in [0.3, 0.4) is 0 Å². The van der Waals surface area contributed by atoms with Gasteiger partial charge in [0.25, 0.3) is 0 Å². The Hall–Kier alpha value is -4.07. The number of nitrogens with two attached hydrogens (primary N) is 2. The molecule has 1 aromatic heterocycles. The van der Waals surface area contributed by atoms with E-state index in [2.05, 4.69) is 4.98 Å². The number of phenolic OH excluding ortho intramolecular Hbond substituents is 1. The van der Waals surface area contributed by atoms with Crippen LogP contribution in [0.1, 0.15) is 11.1 Å². The Morgan fingerprint density at radius 3 is 2.15 bits per heavy atom. The molecule has 2 aromatic carbocycles. The number of rotatable bonds is 6. The van der Waals surface area contributed by atoms with Crippen LogP contribution in [0.4, 0.5) is 0 Å². The molecule has 1 heterocycles. The van der Waals surface area contributed by atoms with Crippen LogP contribution in [0.25, 0.3) is 0 Å². The molecular weight excluding hydrogens is 346 g/mol. The van der Waals surface area contributed by atoms with Gasteiger partial charge in [-0.3, -0.25) is 10.8 Å². The molecule has 136 valence electrons. The molecule has 0 radical (unpaired) electrons. The molecule has 0 amide bonds. The van der Waals surface area contributed by atoms with Crippen LogP contribution in [0.5, 0.6) is 29.0 Å². The average molecular weight is 363 g/mol. The smallest absolute Gasteiger partial charge is 0.222 e. The Kier molecular flexibility index (Phi) is 4.89. The fourth-order valence-electron chi connectivity index (χ4n) is 2.23. The molecule has 0 atom stereocenters. The lowest BCUT2D eigenvalue weighted by molar-refractivity contribution is 0.393. The van der Waals surface area contributed by atoms with Crippen molar-refractivity contribution >= 4 is 11.7 Å². The van der Waals surface area contributed by atoms with Gasteiger partial charge in [0, 0.05) is 23.3 Å². The number of nitrogens with one attached hydrogen (secondary N) is 2. The summed E-state index contributed by atoms with van der Waals surface area (Å²) in [7, 11) is 0. The van der Waals surface area contributed by atoms with Gasteiger partial charge in [-0.1, -0.05) is 18.2 Å². The number of hydrogen-bond donors (Lipinski definition) is 5. The minimum atomic E-state index is -0.143. The summed E-state index contributed by atoms with van der Waals surface area (Å²) in [6, 6.07) is 16.0. The van der Waals surface area contributed by atoms with Crippen molar-refractivity contribution in [3.63, 3.8) is 0 Å². The number of nitrogen functional groups attached to an aromatic ring is 2. The highest BCUT2D eigenvalue weighted by Gasteiger charge is 2.09. The first-order valence-electron chi connectivity index (χ1n) is 7.87. The molecule has 0 aliphatic rings. The summed E-state index contributed by atoms with van der Waals surface area (Å²) in [6.07, 6.45) is 0. The Labute approximate surface area is 155 Å². The van der Waals surface area contributed by atoms with Crippen LogP contribution < -0.4 is 20.9 Å². The first kappa shape index (κ1) is 17.7. The van der Waals surface area contributed by atoms with Crippen molar-refractivity contribution in [1.29, 1.82) is 10.8 Å². The quantitative estimate of drug-likeness (QED) is 0.335. The minimum Gasteiger partial charge on any atom is -0.504 e. The van der Waals surface area contributed by atoms with Crippen LogP contribution in [-0.2, 0) is 0 Å². The van der Waals surface area contributed by atoms with Crippen molar-refractivity contribution in [1.82, 2.24) is 4.98 Å². The van der Waals surface area contributed by atoms with Crippen LogP contribution in [0, 0.1) is 10.8 Å². The van der Waals surface area contributed by atoms with Crippen LogP contribution in [0.2, 0.25) is 0 Å². The summed E-state index contributed by atoms with van der Waals surface area (Å²) in [4.78, 5) is 4.23. The third-order valence-electron chi connectivity index (χ3n) is 3.55. The third kappa shape index (κ3) is 4.31. The molecule has 0 aliphatic heterocycles. The van der Waals surface area contributed by atoms with Crippen molar-refractivity contribution in [3.8, 4) is 29.0 Å². The van der Waals surface area contributed by atoms with E-state index >= 15 is 0 Å². The van der Waals surface area contributed by atoms with Gasteiger partial charge < -0.3 is 26.0 Å². The molecule has 0 aliphatic carbocycles. The maximum atomic E-state index is 9.94. The molecule has 0 saturated carbocycles. The molecular formula is C19H17N5O3. The van der Waals surface area contributed by atoms with Gasteiger partial charge in [-0.05, 0) is 30.3 Å². The molecule has 0 fully saturated rings. The lowest BCUT2D eigenvalue weighted by Gasteiger charge is -2.10. The number of aromatic nitrogens is 1. The second-order valence-corrected chi connectivity index (χ2v) is 5.56. The summed E-state index contributed by atoms with van der Waals surface area (Å²) in [5, 5.41) is 24.9. The minimum absolute atomic E-state index is 0.0636. The van der Waals surface area contributed by atoms with Gasteiger partial charge >= 0.3 is 0 Å². The Bertz CT molecular complexity index is 1020. The largest absolute Gasteiger partial charge is 0.504 e.